The number of carbonyl (C=O) groups is 2. The summed E-state index contributed by atoms with van der Waals surface area (Å²) in [6, 6.07) is 10.8. The first kappa shape index (κ1) is 17.4. The van der Waals surface area contributed by atoms with Gasteiger partial charge in [-0.1, -0.05) is 18.2 Å². The van der Waals surface area contributed by atoms with E-state index in [2.05, 4.69) is 20.3 Å². The second-order valence-corrected chi connectivity index (χ2v) is 5.67. The van der Waals surface area contributed by atoms with E-state index in [9.17, 15) is 14.7 Å². The molecular formula is C18H18N4O4. The largest absolute Gasteiger partial charge is 0.505 e. The van der Waals surface area contributed by atoms with Crippen molar-refractivity contribution in [3.8, 4) is 11.4 Å². The molecule has 1 heterocycles. The van der Waals surface area contributed by atoms with Crippen LogP contribution in [-0.2, 0) is 20.9 Å². The van der Waals surface area contributed by atoms with E-state index >= 15 is 0 Å². The van der Waals surface area contributed by atoms with Crippen molar-refractivity contribution in [2.75, 3.05) is 6.61 Å². The third-order valence-electron chi connectivity index (χ3n) is 3.72. The van der Waals surface area contributed by atoms with Crippen molar-refractivity contribution in [3.05, 3.63) is 47.5 Å². The Morgan fingerprint density at radius 3 is 2.46 bits per heavy atom. The fourth-order valence-corrected chi connectivity index (χ4v) is 2.53. The standard InChI is InChI=1S/C18H18N4O4/c1-3-26-18(25)17(24)19-10-12-8-11(2)9-15(16(12)23)22-20-13-6-4-5-7-14(13)21-22/h4-9,23H,3,10H2,1-2H3,(H,19,24). The number of nitrogens with one attached hydrogen (secondary N) is 1. The predicted molar refractivity (Wildman–Crippen MR) is 93.7 cm³/mol. The number of amides is 1. The molecule has 0 saturated carbocycles. The van der Waals surface area contributed by atoms with Gasteiger partial charge in [0.15, 0.2) is 0 Å². The van der Waals surface area contributed by atoms with E-state index in [1.807, 2.05) is 31.2 Å². The van der Waals surface area contributed by atoms with Gasteiger partial charge in [-0.3, -0.25) is 4.79 Å². The number of aryl methyl sites for hydroxylation is 1. The van der Waals surface area contributed by atoms with Gasteiger partial charge in [0, 0.05) is 12.1 Å². The molecule has 26 heavy (non-hydrogen) atoms. The molecule has 0 saturated heterocycles. The number of nitrogens with zero attached hydrogens (tertiary/aromatic N) is 3. The predicted octanol–water partition coefficient (Wildman–Crippen LogP) is 1.61. The van der Waals surface area contributed by atoms with Crippen LogP contribution in [0.3, 0.4) is 0 Å². The van der Waals surface area contributed by atoms with Gasteiger partial charge in [-0.15, -0.1) is 15.0 Å². The van der Waals surface area contributed by atoms with Crippen molar-refractivity contribution in [2.24, 2.45) is 0 Å². The van der Waals surface area contributed by atoms with Crippen molar-refractivity contribution in [1.29, 1.82) is 0 Å². The summed E-state index contributed by atoms with van der Waals surface area (Å²) in [5, 5.41) is 21.7. The second kappa shape index (κ2) is 7.22. The Kier molecular flexibility index (Phi) is 4.83. The van der Waals surface area contributed by atoms with E-state index in [1.54, 1.807) is 19.1 Å². The number of ether oxygens (including phenoxy) is 1. The van der Waals surface area contributed by atoms with Gasteiger partial charge < -0.3 is 15.2 Å². The molecule has 0 atom stereocenters. The normalized spacial score (nSPS) is 10.7. The average Bonchev–Trinajstić information content (AvgIpc) is 3.05. The summed E-state index contributed by atoms with van der Waals surface area (Å²) in [6.07, 6.45) is 0. The lowest BCUT2D eigenvalue weighted by atomic mass is 10.1. The zero-order valence-electron chi connectivity index (χ0n) is 14.4. The number of fused-ring (bicyclic) bond motifs is 1. The molecule has 0 aliphatic rings. The molecule has 0 unspecified atom stereocenters. The van der Waals surface area contributed by atoms with Crippen molar-refractivity contribution in [3.63, 3.8) is 0 Å². The van der Waals surface area contributed by atoms with Crippen molar-refractivity contribution in [1.82, 2.24) is 20.3 Å². The van der Waals surface area contributed by atoms with Crippen molar-refractivity contribution in [2.45, 2.75) is 20.4 Å². The van der Waals surface area contributed by atoms with Crippen LogP contribution in [0.25, 0.3) is 16.7 Å². The van der Waals surface area contributed by atoms with Crippen LogP contribution in [0.5, 0.6) is 5.75 Å². The molecule has 2 N–H and O–H groups in total. The van der Waals surface area contributed by atoms with Crippen LogP contribution in [-0.4, -0.2) is 38.6 Å². The number of hydrogen-bond donors (Lipinski definition) is 2. The molecule has 8 nitrogen and oxygen atoms in total. The van der Waals surface area contributed by atoms with Crippen LogP contribution in [0.15, 0.2) is 36.4 Å². The van der Waals surface area contributed by atoms with Gasteiger partial charge in [-0.05, 0) is 37.6 Å². The quantitative estimate of drug-likeness (QED) is 0.545. The van der Waals surface area contributed by atoms with Gasteiger partial charge in [0.05, 0.1) is 6.61 Å². The first-order chi connectivity index (χ1) is 12.5. The summed E-state index contributed by atoms with van der Waals surface area (Å²) in [6.45, 7) is 3.55. The topological polar surface area (TPSA) is 106 Å². The van der Waals surface area contributed by atoms with Crippen LogP contribution in [0.2, 0.25) is 0 Å². The van der Waals surface area contributed by atoms with E-state index in [-0.39, 0.29) is 18.9 Å². The number of rotatable bonds is 4. The van der Waals surface area contributed by atoms with E-state index in [1.165, 1.54) is 4.80 Å². The van der Waals surface area contributed by atoms with E-state index in [4.69, 9.17) is 0 Å². The summed E-state index contributed by atoms with van der Waals surface area (Å²) in [4.78, 5) is 24.4. The van der Waals surface area contributed by atoms with Crippen LogP contribution in [0, 0.1) is 6.92 Å². The third kappa shape index (κ3) is 3.49. The number of aromatic hydroxyl groups is 1. The maximum absolute atomic E-state index is 11.7. The molecular weight excluding hydrogens is 336 g/mol. The Hall–Kier alpha value is -3.42. The molecule has 1 amide bonds. The zero-order chi connectivity index (χ0) is 18.7. The minimum Gasteiger partial charge on any atom is -0.505 e. The van der Waals surface area contributed by atoms with Crippen LogP contribution in [0.1, 0.15) is 18.1 Å². The summed E-state index contributed by atoms with van der Waals surface area (Å²) >= 11 is 0. The highest BCUT2D eigenvalue weighted by molar-refractivity contribution is 6.32. The minimum absolute atomic E-state index is 0.0288. The molecule has 2 aromatic carbocycles. The monoisotopic (exact) mass is 354 g/mol. The Bertz CT molecular complexity index is 947. The Morgan fingerprint density at radius 2 is 1.85 bits per heavy atom. The van der Waals surface area contributed by atoms with Gasteiger partial charge in [0.2, 0.25) is 0 Å². The maximum Gasteiger partial charge on any atom is 0.396 e. The zero-order valence-corrected chi connectivity index (χ0v) is 14.4. The molecule has 134 valence electrons. The number of hydrogen-bond acceptors (Lipinski definition) is 6. The molecule has 3 rings (SSSR count). The summed E-state index contributed by atoms with van der Waals surface area (Å²) in [5.74, 6) is -1.89. The number of esters is 1. The Morgan fingerprint density at radius 1 is 1.19 bits per heavy atom. The molecule has 3 aromatic rings. The van der Waals surface area contributed by atoms with Gasteiger partial charge in [0.25, 0.3) is 0 Å². The number of aromatic nitrogens is 3. The van der Waals surface area contributed by atoms with E-state index in [0.717, 1.165) is 5.56 Å². The highest BCUT2D eigenvalue weighted by Crippen LogP contribution is 2.28. The lowest BCUT2D eigenvalue weighted by Gasteiger charge is -2.11. The SMILES string of the molecule is CCOC(=O)C(=O)NCc1cc(C)cc(-n2nc3ccccc3n2)c1O. The van der Waals surface area contributed by atoms with Gasteiger partial charge in [0.1, 0.15) is 22.5 Å². The molecule has 1 aromatic heterocycles. The number of phenolic OH excluding ortho intramolecular Hbond substituents is 1. The van der Waals surface area contributed by atoms with Crippen molar-refractivity contribution >= 4 is 22.9 Å². The van der Waals surface area contributed by atoms with E-state index in [0.29, 0.717) is 22.3 Å². The Balaban J connectivity index is 1.89. The maximum atomic E-state index is 11.7. The Labute approximate surface area is 149 Å². The smallest absolute Gasteiger partial charge is 0.396 e. The van der Waals surface area contributed by atoms with Gasteiger partial charge in [-0.25, -0.2) is 4.79 Å². The number of benzene rings is 2. The first-order valence-electron chi connectivity index (χ1n) is 8.09. The second-order valence-electron chi connectivity index (χ2n) is 5.67. The highest BCUT2D eigenvalue weighted by atomic mass is 16.5. The lowest BCUT2D eigenvalue weighted by Crippen LogP contribution is -2.32. The van der Waals surface area contributed by atoms with Crippen LogP contribution in [0.4, 0.5) is 0 Å². The fourth-order valence-electron chi connectivity index (χ4n) is 2.53. The molecule has 0 fully saturated rings. The minimum atomic E-state index is -0.958. The van der Waals surface area contributed by atoms with Crippen molar-refractivity contribution < 1.29 is 19.4 Å². The molecule has 0 radical (unpaired) electrons. The molecule has 8 heteroatoms. The number of carbonyl (C=O) groups excluding carboxylic acids is 2. The highest BCUT2D eigenvalue weighted by Gasteiger charge is 2.17. The third-order valence-corrected chi connectivity index (χ3v) is 3.72. The average molecular weight is 354 g/mol. The van der Waals surface area contributed by atoms with Crippen LogP contribution >= 0.6 is 0 Å². The van der Waals surface area contributed by atoms with Crippen LogP contribution < -0.4 is 5.32 Å². The molecule has 0 aliphatic heterocycles. The lowest BCUT2D eigenvalue weighted by molar-refractivity contribution is -0.154. The summed E-state index contributed by atoms with van der Waals surface area (Å²) < 4.78 is 4.64. The molecule has 0 aliphatic carbocycles. The van der Waals surface area contributed by atoms with E-state index < -0.39 is 11.9 Å². The first-order valence-corrected chi connectivity index (χ1v) is 8.09. The summed E-state index contributed by atoms with van der Waals surface area (Å²) in [5.41, 5.74) is 3.08. The van der Waals surface area contributed by atoms with Gasteiger partial charge >= 0.3 is 11.9 Å². The van der Waals surface area contributed by atoms with Gasteiger partial charge in [-0.2, -0.15) is 0 Å². The fraction of sp³-hybridized carbons (Fsp3) is 0.222. The molecule has 0 bridgehead atoms. The summed E-state index contributed by atoms with van der Waals surface area (Å²) in [7, 11) is 0. The number of phenols is 1. The molecule has 0 spiro atoms.